The smallest absolute Gasteiger partial charge is 0.254 e. The number of aryl methyl sites for hydroxylation is 1. The summed E-state index contributed by atoms with van der Waals surface area (Å²) >= 11 is 6.28. The number of hydrogen-bond acceptors (Lipinski definition) is 3. The number of halogens is 1. The van der Waals surface area contributed by atoms with Gasteiger partial charge in [0.15, 0.2) is 0 Å². The highest BCUT2D eigenvalue weighted by Gasteiger charge is 2.63. The van der Waals surface area contributed by atoms with Crippen LogP contribution in [-0.2, 0) is 0 Å². The number of aromatic nitrogens is 1. The Morgan fingerprint density at radius 3 is 2.84 bits per heavy atom. The lowest BCUT2D eigenvalue weighted by molar-refractivity contribution is -0.0976. The van der Waals surface area contributed by atoms with Gasteiger partial charge in [-0.05, 0) is 36.8 Å². The minimum absolute atomic E-state index is 0.00999. The molecule has 2 aliphatic rings. The molecule has 4 nitrogen and oxygen atoms in total. The molecule has 1 N–H and O–H groups in total. The summed E-state index contributed by atoms with van der Waals surface area (Å²) in [5.74, 6) is 0.363. The molecular weight excluding hydrogens is 336 g/mol. The van der Waals surface area contributed by atoms with Crippen molar-refractivity contribution < 1.29 is 9.90 Å². The molecule has 0 spiro atoms. The predicted molar refractivity (Wildman–Crippen MR) is 98.8 cm³/mol. The largest absolute Gasteiger partial charge is 0.396 e. The number of carbonyl (C=O) groups excluding carboxylic acids is 1. The quantitative estimate of drug-likeness (QED) is 0.891. The van der Waals surface area contributed by atoms with Gasteiger partial charge in [-0.3, -0.25) is 9.78 Å². The molecule has 1 aromatic heterocycles. The summed E-state index contributed by atoms with van der Waals surface area (Å²) in [4.78, 5) is 19.7. The van der Waals surface area contributed by atoms with E-state index in [1.165, 1.54) is 0 Å². The van der Waals surface area contributed by atoms with Crippen molar-refractivity contribution >= 4 is 28.4 Å². The number of likely N-dealkylation sites (tertiary alicyclic amines) is 1. The Labute approximate surface area is 152 Å². The Kier molecular flexibility index (Phi) is 3.64. The maximum atomic E-state index is 13.3. The van der Waals surface area contributed by atoms with Crippen LogP contribution in [-0.4, -0.2) is 40.6 Å². The second kappa shape index (κ2) is 5.42. The SMILES string of the molecule is Cc1cc(C(=O)N2C[C@@H]3C(C)(C)C[C@]3(CO)C2)c2cccc(Cl)c2n1. The van der Waals surface area contributed by atoms with E-state index in [0.717, 1.165) is 17.5 Å². The Balaban J connectivity index is 1.74. The Hall–Kier alpha value is -1.65. The van der Waals surface area contributed by atoms with Gasteiger partial charge in [0.1, 0.15) is 0 Å². The lowest BCUT2D eigenvalue weighted by Crippen LogP contribution is -2.54. The summed E-state index contributed by atoms with van der Waals surface area (Å²) in [6.07, 6.45) is 0.965. The molecule has 1 aromatic carbocycles. The Bertz CT molecular complexity index is 879. The maximum absolute atomic E-state index is 13.3. The molecule has 1 amide bonds. The molecule has 2 fully saturated rings. The fraction of sp³-hybridized carbons (Fsp3) is 0.500. The van der Waals surface area contributed by atoms with Crippen LogP contribution in [0.2, 0.25) is 5.02 Å². The monoisotopic (exact) mass is 358 g/mol. The second-order valence-corrected chi connectivity index (χ2v) is 8.78. The highest BCUT2D eigenvalue weighted by atomic mass is 35.5. The summed E-state index contributed by atoms with van der Waals surface area (Å²) in [6.45, 7) is 7.81. The topological polar surface area (TPSA) is 53.4 Å². The van der Waals surface area contributed by atoms with E-state index in [2.05, 4.69) is 18.8 Å². The van der Waals surface area contributed by atoms with E-state index < -0.39 is 0 Å². The Morgan fingerprint density at radius 1 is 1.44 bits per heavy atom. The molecule has 1 saturated carbocycles. The summed E-state index contributed by atoms with van der Waals surface area (Å²) in [5.41, 5.74) is 2.15. The molecule has 1 aliphatic heterocycles. The number of aliphatic hydroxyl groups excluding tert-OH is 1. The van der Waals surface area contributed by atoms with Gasteiger partial charge < -0.3 is 10.0 Å². The van der Waals surface area contributed by atoms with Crippen LogP contribution >= 0.6 is 11.6 Å². The van der Waals surface area contributed by atoms with Gasteiger partial charge >= 0.3 is 0 Å². The number of carbonyl (C=O) groups is 1. The molecule has 25 heavy (non-hydrogen) atoms. The van der Waals surface area contributed by atoms with Gasteiger partial charge in [-0.25, -0.2) is 0 Å². The van der Waals surface area contributed by atoms with E-state index >= 15 is 0 Å². The van der Waals surface area contributed by atoms with Crippen molar-refractivity contribution in [2.24, 2.45) is 16.7 Å². The van der Waals surface area contributed by atoms with E-state index in [4.69, 9.17) is 11.6 Å². The lowest BCUT2D eigenvalue weighted by atomic mass is 9.48. The first-order valence-corrected chi connectivity index (χ1v) is 9.11. The minimum atomic E-state index is -0.130. The van der Waals surface area contributed by atoms with Crippen LogP contribution in [0.3, 0.4) is 0 Å². The number of fused-ring (bicyclic) bond motifs is 2. The van der Waals surface area contributed by atoms with Crippen LogP contribution in [0.4, 0.5) is 0 Å². The van der Waals surface area contributed by atoms with Crippen molar-refractivity contribution in [3.8, 4) is 0 Å². The van der Waals surface area contributed by atoms with Gasteiger partial charge in [0.2, 0.25) is 0 Å². The van der Waals surface area contributed by atoms with Gasteiger partial charge in [0.25, 0.3) is 5.91 Å². The van der Waals surface area contributed by atoms with Gasteiger partial charge in [0, 0.05) is 29.6 Å². The number of benzene rings is 1. The average Bonchev–Trinajstić information content (AvgIpc) is 2.90. The number of nitrogens with zero attached hydrogens (tertiary/aromatic N) is 2. The summed E-state index contributed by atoms with van der Waals surface area (Å²) in [7, 11) is 0. The standard InChI is InChI=1S/C20H23ClN2O2/c1-12-7-14(13-5-4-6-15(21)17(13)22-12)18(25)23-8-16-19(2,3)9-20(16,10-23)11-24/h4-7,16,24H,8-11H2,1-3H3/t16-,20-/m1/s1. The summed E-state index contributed by atoms with van der Waals surface area (Å²) in [5, 5.41) is 11.3. The molecular formula is C20H23ClN2O2. The average molecular weight is 359 g/mol. The van der Waals surface area contributed by atoms with Crippen molar-refractivity contribution in [2.75, 3.05) is 19.7 Å². The van der Waals surface area contributed by atoms with E-state index in [9.17, 15) is 9.90 Å². The molecule has 5 heteroatoms. The third kappa shape index (κ3) is 2.38. The van der Waals surface area contributed by atoms with Gasteiger partial charge in [-0.1, -0.05) is 37.6 Å². The van der Waals surface area contributed by atoms with E-state index in [0.29, 0.717) is 35.1 Å². The van der Waals surface area contributed by atoms with Crippen LogP contribution < -0.4 is 0 Å². The van der Waals surface area contributed by atoms with E-state index in [1.807, 2.05) is 30.0 Å². The molecule has 1 saturated heterocycles. The van der Waals surface area contributed by atoms with Crippen LogP contribution in [0.15, 0.2) is 24.3 Å². The molecule has 1 aliphatic carbocycles. The molecule has 0 unspecified atom stereocenters. The Morgan fingerprint density at radius 2 is 2.20 bits per heavy atom. The van der Waals surface area contributed by atoms with Gasteiger partial charge in [0.05, 0.1) is 22.7 Å². The highest BCUT2D eigenvalue weighted by Crippen LogP contribution is 2.62. The van der Waals surface area contributed by atoms with Crippen molar-refractivity contribution in [1.82, 2.24) is 9.88 Å². The molecule has 0 radical (unpaired) electrons. The normalized spacial score (nSPS) is 27.2. The fourth-order valence-corrected chi connectivity index (χ4v) is 5.40. The number of aliphatic hydroxyl groups is 1. The van der Waals surface area contributed by atoms with E-state index in [1.54, 1.807) is 6.07 Å². The number of hydrogen-bond donors (Lipinski definition) is 1. The summed E-state index contributed by atoms with van der Waals surface area (Å²) in [6, 6.07) is 7.39. The molecule has 2 aromatic rings. The van der Waals surface area contributed by atoms with Crippen molar-refractivity contribution in [1.29, 1.82) is 0 Å². The first-order valence-electron chi connectivity index (χ1n) is 8.73. The minimum Gasteiger partial charge on any atom is -0.396 e. The number of rotatable bonds is 2. The zero-order valence-electron chi connectivity index (χ0n) is 14.8. The van der Waals surface area contributed by atoms with Crippen LogP contribution in [0.5, 0.6) is 0 Å². The van der Waals surface area contributed by atoms with Crippen LogP contribution in [0.1, 0.15) is 36.3 Å². The maximum Gasteiger partial charge on any atom is 0.254 e. The first-order chi connectivity index (χ1) is 11.8. The van der Waals surface area contributed by atoms with Crippen molar-refractivity contribution in [2.45, 2.75) is 27.2 Å². The molecule has 4 rings (SSSR count). The second-order valence-electron chi connectivity index (χ2n) is 8.37. The fourth-order valence-electron chi connectivity index (χ4n) is 5.18. The molecule has 2 atom stereocenters. The van der Waals surface area contributed by atoms with Crippen LogP contribution in [0.25, 0.3) is 10.9 Å². The number of amides is 1. The van der Waals surface area contributed by atoms with E-state index in [-0.39, 0.29) is 23.3 Å². The third-order valence-electron chi connectivity index (χ3n) is 6.15. The molecule has 0 bridgehead atoms. The number of pyridine rings is 1. The highest BCUT2D eigenvalue weighted by molar-refractivity contribution is 6.35. The van der Waals surface area contributed by atoms with Crippen molar-refractivity contribution in [3.63, 3.8) is 0 Å². The van der Waals surface area contributed by atoms with Gasteiger partial charge in [-0.2, -0.15) is 0 Å². The molecule has 132 valence electrons. The zero-order chi connectivity index (χ0) is 18.0. The summed E-state index contributed by atoms with van der Waals surface area (Å²) < 4.78 is 0. The predicted octanol–water partition coefficient (Wildman–Crippen LogP) is 3.68. The van der Waals surface area contributed by atoms with Crippen molar-refractivity contribution in [3.05, 3.63) is 40.5 Å². The van der Waals surface area contributed by atoms with Crippen LogP contribution in [0, 0.1) is 23.7 Å². The lowest BCUT2D eigenvalue weighted by Gasteiger charge is -2.55. The first kappa shape index (κ1) is 16.8. The van der Waals surface area contributed by atoms with Gasteiger partial charge in [-0.15, -0.1) is 0 Å². The molecule has 2 heterocycles. The zero-order valence-corrected chi connectivity index (χ0v) is 15.6. The number of para-hydroxylation sites is 1. The third-order valence-corrected chi connectivity index (χ3v) is 6.45.